The first kappa shape index (κ1) is 14.9. The summed E-state index contributed by atoms with van der Waals surface area (Å²) in [5, 5.41) is 18.1. The molecule has 21 heavy (non-hydrogen) atoms. The largest absolute Gasteiger partial charge is 0.489 e. The highest BCUT2D eigenvalue weighted by atomic mass is 19.1. The van der Waals surface area contributed by atoms with Gasteiger partial charge < -0.3 is 9.84 Å². The maximum absolute atomic E-state index is 13.7. The van der Waals surface area contributed by atoms with Crippen molar-refractivity contribution in [3.8, 4) is 11.8 Å². The molecular weight excluding hydrogens is 276 g/mol. The summed E-state index contributed by atoms with van der Waals surface area (Å²) >= 11 is 0. The highest BCUT2D eigenvalue weighted by Gasteiger charge is 2.09. The van der Waals surface area contributed by atoms with Crippen LogP contribution in [-0.2, 0) is 6.61 Å². The van der Waals surface area contributed by atoms with Gasteiger partial charge in [-0.25, -0.2) is 8.78 Å². The van der Waals surface area contributed by atoms with Crippen molar-refractivity contribution in [3.63, 3.8) is 0 Å². The van der Waals surface area contributed by atoms with E-state index in [0.29, 0.717) is 5.56 Å². The molecule has 5 heteroatoms. The van der Waals surface area contributed by atoms with Crippen molar-refractivity contribution in [2.24, 2.45) is 0 Å². The highest BCUT2D eigenvalue weighted by Crippen LogP contribution is 2.22. The molecule has 3 nitrogen and oxygen atoms in total. The molecule has 0 saturated heterocycles. The molecule has 0 aliphatic rings. The lowest BCUT2D eigenvalue weighted by atomic mass is 10.1. The molecule has 1 atom stereocenters. The Kier molecular flexibility index (Phi) is 4.51. The monoisotopic (exact) mass is 289 g/mol. The summed E-state index contributed by atoms with van der Waals surface area (Å²) < 4.78 is 32.3. The number of hydrogen-bond donors (Lipinski definition) is 1. The van der Waals surface area contributed by atoms with E-state index in [-0.39, 0.29) is 23.5 Å². The van der Waals surface area contributed by atoms with E-state index in [1.165, 1.54) is 31.2 Å². The Balaban J connectivity index is 2.12. The highest BCUT2D eigenvalue weighted by molar-refractivity contribution is 5.34. The lowest BCUT2D eigenvalue weighted by Crippen LogP contribution is -2.00. The van der Waals surface area contributed by atoms with E-state index in [1.54, 1.807) is 0 Å². The Bertz CT molecular complexity index is 693. The average molecular weight is 289 g/mol. The fourth-order valence-corrected chi connectivity index (χ4v) is 1.90. The van der Waals surface area contributed by atoms with Crippen LogP contribution >= 0.6 is 0 Å². The normalized spacial score (nSPS) is 11.8. The van der Waals surface area contributed by atoms with Crippen molar-refractivity contribution < 1.29 is 18.6 Å². The average Bonchev–Trinajstić information content (AvgIpc) is 2.44. The molecule has 2 aromatic carbocycles. The van der Waals surface area contributed by atoms with Gasteiger partial charge in [0.05, 0.1) is 17.7 Å². The number of benzene rings is 2. The van der Waals surface area contributed by atoms with Gasteiger partial charge in [-0.15, -0.1) is 0 Å². The van der Waals surface area contributed by atoms with E-state index in [2.05, 4.69) is 0 Å². The van der Waals surface area contributed by atoms with Gasteiger partial charge in [-0.2, -0.15) is 5.26 Å². The van der Waals surface area contributed by atoms with Gasteiger partial charge in [0.1, 0.15) is 24.0 Å². The molecule has 1 N–H and O–H groups in total. The maximum atomic E-state index is 13.7. The molecule has 0 bridgehead atoms. The molecule has 0 heterocycles. The molecule has 0 amide bonds. The lowest BCUT2D eigenvalue weighted by Gasteiger charge is -2.10. The summed E-state index contributed by atoms with van der Waals surface area (Å²) in [4.78, 5) is 0. The smallest absolute Gasteiger partial charge is 0.132 e. The Morgan fingerprint density at radius 2 is 2.00 bits per heavy atom. The van der Waals surface area contributed by atoms with Crippen LogP contribution in [0.15, 0.2) is 36.4 Å². The minimum absolute atomic E-state index is 0.0138. The van der Waals surface area contributed by atoms with Crippen molar-refractivity contribution in [1.82, 2.24) is 0 Å². The van der Waals surface area contributed by atoms with Gasteiger partial charge in [-0.3, -0.25) is 0 Å². The van der Waals surface area contributed by atoms with E-state index < -0.39 is 17.7 Å². The first-order valence-corrected chi connectivity index (χ1v) is 6.29. The molecule has 0 radical (unpaired) electrons. The first-order chi connectivity index (χ1) is 9.99. The zero-order chi connectivity index (χ0) is 15.4. The van der Waals surface area contributed by atoms with Crippen LogP contribution in [0.4, 0.5) is 8.78 Å². The third-order valence-corrected chi connectivity index (χ3v) is 2.91. The molecule has 0 spiro atoms. The molecule has 0 aliphatic heterocycles. The molecular formula is C16H13F2NO2. The number of aliphatic hydroxyl groups is 1. The molecule has 2 aromatic rings. The predicted molar refractivity (Wildman–Crippen MR) is 72.5 cm³/mol. The zero-order valence-corrected chi connectivity index (χ0v) is 11.3. The Hall–Kier alpha value is -2.45. The second-order valence-electron chi connectivity index (χ2n) is 4.61. The quantitative estimate of drug-likeness (QED) is 0.937. The second kappa shape index (κ2) is 6.33. The van der Waals surface area contributed by atoms with Crippen LogP contribution < -0.4 is 4.74 Å². The molecule has 0 unspecified atom stereocenters. The van der Waals surface area contributed by atoms with Gasteiger partial charge in [0.2, 0.25) is 0 Å². The SMILES string of the molecule is C[C@H](O)c1ccc(OCc2cc(F)cc(C#N)c2)cc1F. The molecule has 108 valence electrons. The van der Waals surface area contributed by atoms with Gasteiger partial charge >= 0.3 is 0 Å². The van der Waals surface area contributed by atoms with E-state index in [9.17, 15) is 13.9 Å². The summed E-state index contributed by atoms with van der Waals surface area (Å²) in [6.07, 6.45) is -0.902. The fourth-order valence-electron chi connectivity index (χ4n) is 1.90. The number of ether oxygens (including phenoxy) is 1. The van der Waals surface area contributed by atoms with Crippen molar-refractivity contribution in [3.05, 3.63) is 64.7 Å². The predicted octanol–water partition coefficient (Wildman–Crippen LogP) is 3.47. The Morgan fingerprint density at radius 3 is 2.62 bits per heavy atom. The third kappa shape index (κ3) is 3.77. The van der Waals surface area contributed by atoms with Crippen molar-refractivity contribution in [2.75, 3.05) is 0 Å². The van der Waals surface area contributed by atoms with Gasteiger partial charge in [-0.1, -0.05) is 0 Å². The summed E-state index contributed by atoms with van der Waals surface area (Å²) in [5.74, 6) is -0.831. The standard InChI is InChI=1S/C16H13F2NO2/c1-10(20)15-3-2-14(7-16(15)18)21-9-12-4-11(8-19)5-13(17)6-12/h2-7,10,20H,9H2,1H3/t10-/m0/s1. The summed E-state index contributed by atoms with van der Waals surface area (Å²) in [7, 11) is 0. The minimum Gasteiger partial charge on any atom is -0.489 e. The summed E-state index contributed by atoms with van der Waals surface area (Å²) in [6.45, 7) is 1.48. The number of nitriles is 1. The summed E-state index contributed by atoms with van der Waals surface area (Å²) in [6, 6.07) is 9.85. The van der Waals surface area contributed by atoms with Crippen LogP contribution in [0.1, 0.15) is 29.7 Å². The van der Waals surface area contributed by atoms with Crippen molar-refractivity contribution in [1.29, 1.82) is 5.26 Å². The van der Waals surface area contributed by atoms with Crippen LogP contribution in [0, 0.1) is 23.0 Å². The second-order valence-corrected chi connectivity index (χ2v) is 4.61. The Labute approximate surface area is 121 Å². The van der Waals surface area contributed by atoms with Gasteiger partial charge in [0.25, 0.3) is 0 Å². The minimum atomic E-state index is -0.902. The van der Waals surface area contributed by atoms with Crippen LogP contribution in [-0.4, -0.2) is 5.11 Å². The van der Waals surface area contributed by atoms with Crippen LogP contribution in [0.25, 0.3) is 0 Å². The number of halogens is 2. The van der Waals surface area contributed by atoms with E-state index in [0.717, 1.165) is 12.1 Å². The van der Waals surface area contributed by atoms with E-state index in [1.807, 2.05) is 6.07 Å². The van der Waals surface area contributed by atoms with E-state index in [4.69, 9.17) is 10.00 Å². The molecule has 0 saturated carbocycles. The van der Waals surface area contributed by atoms with Crippen LogP contribution in [0.5, 0.6) is 5.75 Å². The number of aliphatic hydroxyl groups excluding tert-OH is 1. The number of nitrogens with zero attached hydrogens (tertiary/aromatic N) is 1. The summed E-state index contributed by atoms with van der Waals surface area (Å²) in [5.41, 5.74) is 0.857. The number of hydrogen-bond acceptors (Lipinski definition) is 3. The maximum Gasteiger partial charge on any atom is 0.132 e. The van der Waals surface area contributed by atoms with Gasteiger partial charge in [-0.05, 0) is 42.8 Å². The lowest BCUT2D eigenvalue weighted by molar-refractivity contribution is 0.194. The van der Waals surface area contributed by atoms with Crippen molar-refractivity contribution >= 4 is 0 Å². The van der Waals surface area contributed by atoms with Gasteiger partial charge in [0.15, 0.2) is 0 Å². The Morgan fingerprint density at radius 1 is 1.24 bits per heavy atom. The van der Waals surface area contributed by atoms with Crippen LogP contribution in [0.3, 0.4) is 0 Å². The topological polar surface area (TPSA) is 53.2 Å². The third-order valence-electron chi connectivity index (χ3n) is 2.91. The fraction of sp³-hybridized carbons (Fsp3) is 0.188. The molecule has 0 aliphatic carbocycles. The number of rotatable bonds is 4. The van der Waals surface area contributed by atoms with Crippen molar-refractivity contribution in [2.45, 2.75) is 19.6 Å². The molecule has 0 fully saturated rings. The first-order valence-electron chi connectivity index (χ1n) is 6.29. The van der Waals surface area contributed by atoms with Crippen LogP contribution in [0.2, 0.25) is 0 Å². The molecule has 0 aromatic heterocycles. The molecule has 2 rings (SSSR count). The van der Waals surface area contributed by atoms with E-state index >= 15 is 0 Å². The zero-order valence-electron chi connectivity index (χ0n) is 11.3. The van der Waals surface area contributed by atoms with Gasteiger partial charge in [0, 0.05) is 11.6 Å².